The highest BCUT2D eigenvalue weighted by Crippen LogP contribution is 2.28. The fourth-order valence-corrected chi connectivity index (χ4v) is 2.39. The Balaban J connectivity index is 2.43. The third kappa shape index (κ3) is 3.73. The average molecular weight is 287 g/mol. The van der Waals surface area contributed by atoms with Gasteiger partial charge in [-0.25, -0.2) is 0 Å². The predicted octanol–water partition coefficient (Wildman–Crippen LogP) is 2.58. The van der Waals surface area contributed by atoms with E-state index in [1.165, 1.54) is 6.92 Å². The van der Waals surface area contributed by atoms with Crippen molar-refractivity contribution < 1.29 is 14.6 Å². The summed E-state index contributed by atoms with van der Waals surface area (Å²) in [6.07, 6.45) is 0.195. The number of aliphatic hydroxyl groups excluding tert-OH is 1. The van der Waals surface area contributed by atoms with Crippen molar-refractivity contribution in [1.82, 2.24) is 5.32 Å². The van der Waals surface area contributed by atoms with E-state index in [9.17, 15) is 9.90 Å². The van der Waals surface area contributed by atoms with Gasteiger partial charge >= 0.3 is 0 Å². The third-order valence-electron chi connectivity index (χ3n) is 3.52. The number of hydrogen-bond donors (Lipinski definition) is 2. The van der Waals surface area contributed by atoms with Gasteiger partial charge in [-0.1, -0.05) is 12.1 Å². The lowest BCUT2D eigenvalue weighted by Gasteiger charge is -2.13. The first-order valence-corrected chi connectivity index (χ1v) is 7.04. The number of nitrogens with one attached hydrogen (secondary N) is 1. The Labute approximate surface area is 124 Å². The fourth-order valence-electron chi connectivity index (χ4n) is 2.39. The smallest absolute Gasteiger partial charge is 0.216 e. The predicted molar refractivity (Wildman–Crippen MR) is 83.5 cm³/mol. The van der Waals surface area contributed by atoms with Gasteiger partial charge in [-0.2, -0.15) is 0 Å². The molecule has 2 aromatic rings. The molecule has 4 heteroatoms. The van der Waals surface area contributed by atoms with Crippen LogP contribution in [0.2, 0.25) is 0 Å². The van der Waals surface area contributed by atoms with Crippen LogP contribution >= 0.6 is 0 Å². The summed E-state index contributed by atoms with van der Waals surface area (Å²) in [6.45, 7) is 3.83. The molecule has 2 aromatic carbocycles. The van der Waals surface area contributed by atoms with Crippen LogP contribution in [0.25, 0.3) is 10.8 Å². The summed E-state index contributed by atoms with van der Waals surface area (Å²) in [6, 6.07) is 9.87. The minimum atomic E-state index is -0.518. The molecule has 0 fully saturated rings. The number of hydrogen-bond acceptors (Lipinski definition) is 3. The zero-order chi connectivity index (χ0) is 15.4. The van der Waals surface area contributed by atoms with E-state index in [1.54, 1.807) is 14.0 Å². The van der Waals surface area contributed by atoms with Crippen molar-refractivity contribution >= 4 is 16.7 Å². The number of ether oxygens (including phenoxy) is 1. The molecule has 4 nitrogen and oxygen atoms in total. The van der Waals surface area contributed by atoms with Crippen LogP contribution in [0.4, 0.5) is 0 Å². The minimum absolute atomic E-state index is 0.0384. The molecule has 0 radical (unpaired) electrons. The van der Waals surface area contributed by atoms with E-state index in [0.29, 0.717) is 13.0 Å². The van der Waals surface area contributed by atoms with Gasteiger partial charge in [0.05, 0.1) is 13.2 Å². The fraction of sp³-hybridized carbons (Fsp3) is 0.353. The first-order chi connectivity index (χ1) is 10.0. The average Bonchev–Trinajstić information content (AvgIpc) is 2.46. The van der Waals surface area contributed by atoms with Crippen molar-refractivity contribution in [2.45, 2.75) is 26.4 Å². The lowest BCUT2D eigenvalue weighted by atomic mass is 9.96. The molecule has 1 amide bonds. The molecule has 0 heterocycles. The Kier molecular flexibility index (Phi) is 4.81. The SMILES string of the molecule is COc1ccc2cc(C(C)O)cc(CCNC(C)=O)c2c1. The maximum absolute atomic E-state index is 11.0. The topological polar surface area (TPSA) is 58.6 Å². The minimum Gasteiger partial charge on any atom is -0.497 e. The molecule has 0 bridgehead atoms. The number of amides is 1. The van der Waals surface area contributed by atoms with E-state index in [-0.39, 0.29) is 5.91 Å². The number of carbonyl (C=O) groups is 1. The maximum atomic E-state index is 11.0. The van der Waals surface area contributed by atoms with Crippen molar-refractivity contribution in [2.75, 3.05) is 13.7 Å². The second-order valence-corrected chi connectivity index (χ2v) is 5.18. The number of carbonyl (C=O) groups excluding carboxylic acids is 1. The summed E-state index contributed by atoms with van der Waals surface area (Å²) >= 11 is 0. The van der Waals surface area contributed by atoms with Gasteiger partial charge in [0.15, 0.2) is 0 Å². The molecule has 21 heavy (non-hydrogen) atoms. The van der Waals surface area contributed by atoms with Crippen LogP contribution in [0.5, 0.6) is 5.75 Å². The Hall–Kier alpha value is -2.07. The Morgan fingerprint density at radius 3 is 2.71 bits per heavy atom. The maximum Gasteiger partial charge on any atom is 0.216 e. The van der Waals surface area contributed by atoms with Crippen LogP contribution < -0.4 is 10.1 Å². The van der Waals surface area contributed by atoms with Crippen molar-refractivity contribution in [3.05, 3.63) is 41.5 Å². The summed E-state index contributed by atoms with van der Waals surface area (Å²) in [5.74, 6) is 0.761. The monoisotopic (exact) mass is 287 g/mol. The highest BCUT2D eigenvalue weighted by molar-refractivity contribution is 5.88. The van der Waals surface area contributed by atoms with Gasteiger partial charge in [-0.05, 0) is 53.4 Å². The van der Waals surface area contributed by atoms with Crippen molar-refractivity contribution in [3.8, 4) is 5.75 Å². The van der Waals surface area contributed by atoms with E-state index in [1.807, 2.05) is 30.3 Å². The number of benzene rings is 2. The summed E-state index contributed by atoms with van der Waals surface area (Å²) in [5.41, 5.74) is 1.97. The van der Waals surface area contributed by atoms with Crippen molar-refractivity contribution in [1.29, 1.82) is 0 Å². The molecule has 0 aliphatic carbocycles. The first-order valence-electron chi connectivity index (χ1n) is 7.04. The normalized spacial score (nSPS) is 12.2. The summed E-state index contributed by atoms with van der Waals surface area (Å²) in [7, 11) is 1.64. The van der Waals surface area contributed by atoms with E-state index in [0.717, 1.165) is 27.6 Å². The lowest BCUT2D eigenvalue weighted by molar-refractivity contribution is -0.118. The van der Waals surface area contributed by atoms with E-state index >= 15 is 0 Å². The number of rotatable bonds is 5. The Morgan fingerprint density at radius 1 is 1.33 bits per heavy atom. The van der Waals surface area contributed by atoms with Gasteiger partial charge in [-0.3, -0.25) is 4.79 Å². The van der Waals surface area contributed by atoms with Gasteiger partial charge in [0, 0.05) is 13.5 Å². The van der Waals surface area contributed by atoms with E-state index in [4.69, 9.17) is 4.74 Å². The standard InChI is InChI=1S/C17H21NO3/c1-11(19)15-8-13-4-5-16(21-3)10-17(13)14(9-15)6-7-18-12(2)20/h4-5,8-11,19H,6-7H2,1-3H3,(H,18,20). The molecule has 112 valence electrons. The molecule has 1 unspecified atom stereocenters. The zero-order valence-electron chi connectivity index (χ0n) is 12.6. The summed E-state index contributed by atoms with van der Waals surface area (Å²) in [4.78, 5) is 11.0. The van der Waals surface area contributed by atoms with Crippen LogP contribution in [-0.2, 0) is 11.2 Å². The molecular formula is C17H21NO3. The van der Waals surface area contributed by atoms with Crippen LogP contribution in [0.3, 0.4) is 0 Å². The highest BCUT2D eigenvalue weighted by Gasteiger charge is 2.09. The third-order valence-corrected chi connectivity index (χ3v) is 3.52. The first kappa shape index (κ1) is 15.3. The van der Waals surface area contributed by atoms with Gasteiger partial charge in [-0.15, -0.1) is 0 Å². The Bertz CT molecular complexity index is 650. The molecule has 0 aliphatic rings. The van der Waals surface area contributed by atoms with E-state index < -0.39 is 6.10 Å². The number of fused-ring (bicyclic) bond motifs is 1. The molecule has 1 atom stereocenters. The highest BCUT2D eigenvalue weighted by atomic mass is 16.5. The second-order valence-electron chi connectivity index (χ2n) is 5.18. The van der Waals surface area contributed by atoms with Crippen molar-refractivity contribution in [3.63, 3.8) is 0 Å². The summed E-state index contributed by atoms with van der Waals surface area (Å²) < 4.78 is 5.28. The molecule has 2 rings (SSSR count). The quantitative estimate of drug-likeness (QED) is 0.888. The van der Waals surface area contributed by atoms with Gasteiger partial charge in [0.1, 0.15) is 5.75 Å². The molecule has 0 spiro atoms. The van der Waals surface area contributed by atoms with Crippen LogP contribution in [0.1, 0.15) is 31.1 Å². The molecule has 0 saturated carbocycles. The molecule has 0 aliphatic heterocycles. The molecule has 0 aromatic heterocycles. The summed E-state index contributed by atoms with van der Waals surface area (Å²) in [5, 5.41) is 14.8. The van der Waals surface area contributed by atoms with E-state index in [2.05, 4.69) is 5.32 Å². The largest absolute Gasteiger partial charge is 0.497 e. The molecule has 2 N–H and O–H groups in total. The second kappa shape index (κ2) is 6.59. The van der Waals surface area contributed by atoms with Crippen LogP contribution in [0, 0.1) is 0 Å². The van der Waals surface area contributed by atoms with Gasteiger partial charge < -0.3 is 15.2 Å². The van der Waals surface area contributed by atoms with Crippen LogP contribution in [0.15, 0.2) is 30.3 Å². The number of aliphatic hydroxyl groups is 1. The van der Waals surface area contributed by atoms with Gasteiger partial charge in [0.25, 0.3) is 0 Å². The van der Waals surface area contributed by atoms with Crippen LogP contribution in [-0.4, -0.2) is 24.7 Å². The lowest BCUT2D eigenvalue weighted by Crippen LogP contribution is -2.22. The number of methoxy groups -OCH3 is 1. The Morgan fingerprint density at radius 2 is 2.10 bits per heavy atom. The zero-order valence-corrected chi connectivity index (χ0v) is 12.6. The molecular weight excluding hydrogens is 266 g/mol. The van der Waals surface area contributed by atoms with Crippen molar-refractivity contribution in [2.24, 2.45) is 0 Å². The molecule has 0 saturated heterocycles. The van der Waals surface area contributed by atoms with Gasteiger partial charge in [0.2, 0.25) is 5.91 Å².